The molecule has 2 aromatic carbocycles. The number of amides is 1. The summed E-state index contributed by atoms with van der Waals surface area (Å²) in [4.78, 5) is 12.1. The Bertz CT molecular complexity index is 649. The van der Waals surface area contributed by atoms with Gasteiger partial charge in [0.05, 0.1) is 5.25 Å². The number of anilines is 1. The maximum atomic E-state index is 13.5. The van der Waals surface area contributed by atoms with Gasteiger partial charge in [-0.25, -0.2) is 8.78 Å². The molecule has 0 saturated carbocycles. The predicted octanol–water partition coefficient (Wildman–Crippen LogP) is 4.74. The number of halogens is 3. The monoisotopic (exact) mass is 327 g/mol. The van der Waals surface area contributed by atoms with Gasteiger partial charge in [0.25, 0.3) is 0 Å². The number of rotatable bonds is 4. The molecule has 0 fully saturated rings. The van der Waals surface area contributed by atoms with Crippen molar-refractivity contribution in [2.24, 2.45) is 0 Å². The van der Waals surface area contributed by atoms with Gasteiger partial charge in [-0.2, -0.15) is 0 Å². The quantitative estimate of drug-likeness (QED) is 0.822. The second kappa shape index (κ2) is 6.91. The molecular formula is C15H12ClF2NOS. The van der Waals surface area contributed by atoms with Crippen molar-refractivity contribution in [3.05, 3.63) is 59.1 Å². The van der Waals surface area contributed by atoms with E-state index in [0.29, 0.717) is 10.7 Å². The fraction of sp³-hybridized carbons (Fsp3) is 0.133. The lowest BCUT2D eigenvalue weighted by Crippen LogP contribution is -2.22. The summed E-state index contributed by atoms with van der Waals surface area (Å²) in [6.45, 7) is 1.63. The van der Waals surface area contributed by atoms with Crippen LogP contribution in [-0.4, -0.2) is 11.2 Å². The topological polar surface area (TPSA) is 29.1 Å². The van der Waals surface area contributed by atoms with Crippen LogP contribution >= 0.6 is 23.4 Å². The molecule has 0 saturated heterocycles. The van der Waals surface area contributed by atoms with Gasteiger partial charge in [0.2, 0.25) is 5.91 Å². The highest BCUT2D eigenvalue weighted by Crippen LogP contribution is 2.27. The van der Waals surface area contributed by atoms with Crippen LogP contribution in [0.5, 0.6) is 0 Å². The highest BCUT2D eigenvalue weighted by Gasteiger charge is 2.17. The summed E-state index contributed by atoms with van der Waals surface area (Å²) in [5, 5.41) is 2.68. The van der Waals surface area contributed by atoms with E-state index in [0.717, 1.165) is 30.0 Å². The molecule has 0 spiro atoms. The molecule has 1 atom stereocenters. The zero-order valence-electron chi connectivity index (χ0n) is 11.1. The molecule has 0 aliphatic rings. The van der Waals surface area contributed by atoms with Crippen molar-refractivity contribution in [3.8, 4) is 0 Å². The van der Waals surface area contributed by atoms with E-state index >= 15 is 0 Å². The van der Waals surface area contributed by atoms with Gasteiger partial charge in [0.1, 0.15) is 11.6 Å². The first-order valence-electron chi connectivity index (χ1n) is 6.14. The SMILES string of the molecule is C[C@@H](Sc1cc(F)ccc1F)C(=O)Nc1ccc(Cl)cc1. The standard InChI is InChI=1S/C15H12ClF2NOS/c1-9(21-14-8-11(17)4-7-13(14)18)15(20)19-12-5-2-10(16)3-6-12/h2-9H,1H3,(H,19,20)/t9-/m1/s1. The van der Waals surface area contributed by atoms with E-state index in [-0.39, 0.29) is 10.8 Å². The van der Waals surface area contributed by atoms with Gasteiger partial charge in [0, 0.05) is 15.6 Å². The molecule has 2 aromatic rings. The Kier molecular flexibility index (Phi) is 5.20. The van der Waals surface area contributed by atoms with Gasteiger partial charge >= 0.3 is 0 Å². The lowest BCUT2D eigenvalue weighted by atomic mass is 10.3. The van der Waals surface area contributed by atoms with E-state index in [4.69, 9.17) is 11.6 Å². The van der Waals surface area contributed by atoms with Gasteiger partial charge in [-0.15, -0.1) is 11.8 Å². The highest BCUT2D eigenvalue weighted by molar-refractivity contribution is 8.00. The van der Waals surface area contributed by atoms with Crippen molar-refractivity contribution in [2.75, 3.05) is 5.32 Å². The Hall–Kier alpha value is -1.59. The van der Waals surface area contributed by atoms with Gasteiger partial charge in [-0.05, 0) is 49.4 Å². The van der Waals surface area contributed by atoms with Crippen LogP contribution in [0, 0.1) is 11.6 Å². The molecule has 0 aliphatic carbocycles. The molecule has 6 heteroatoms. The summed E-state index contributed by atoms with van der Waals surface area (Å²) in [5.41, 5.74) is 0.594. The molecule has 0 unspecified atom stereocenters. The van der Waals surface area contributed by atoms with Crippen LogP contribution in [0.3, 0.4) is 0 Å². The van der Waals surface area contributed by atoms with E-state index in [1.807, 2.05) is 0 Å². The van der Waals surface area contributed by atoms with Crippen LogP contribution in [0.15, 0.2) is 47.4 Å². The second-order valence-electron chi connectivity index (χ2n) is 4.33. The third kappa shape index (κ3) is 4.44. The first kappa shape index (κ1) is 15.8. The van der Waals surface area contributed by atoms with Gasteiger partial charge in [-0.1, -0.05) is 11.6 Å². The van der Waals surface area contributed by atoms with Crippen LogP contribution in [0.2, 0.25) is 5.02 Å². The average Bonchev–Trinajstić information content (AvgIpc) is 2.45. The highest BCUT2D eigenvalue weighted by atomic mass is 35.5. The van der Waals surface area contributed by atoms with E-state index in [2.05, 4.69) is 5.32 Å². The van der Waals surface area contributed by atoms with E-state index in [1.54, 1.807) is 31.2 Å². The van der Waals surface area contributed by atoms with Crippen molar-refractivity contribution >= 4 is 35.0 Å². The number of benzene rings is 2. The molecule has 0 aliphatic heterocycles. The van der Waals surface area contributed by atoms with Gasteiger partial charge in [-0.3, -0.25) is 4.79 Å². The molecule has 110 valence electrons. The van der Waals surface area contributed by atoms with Crippen LogP contribution in [0.4, 0.5) is 14.5 Å². The largest absolute Gasteiger partial charge is 0.325 e. The maximum absolute atomic E-state index is 13.5. The number of carbonyl (C=O) groups excluding carboxylic acids is 1. The van der Waals surface area contributed by atoms with E-state index in [9.17, 15) is 13.6 Å². The summed E-state index contributed by atoms with van der Waals surface area (Å²) >= 11 is 6.72. The van der Waals surface area contributed by atoms with Crippen LogP contribution in [-0.2, 0) is 4.79 Å². The average molecular weight is 328 g/mol. The number of nitrogens with one attached hydrogen (secondary N) is 1. The Labute approximate surface area is 130 Å². The molecular weight excluding hydrogens is 316 g/mol. The van der Waals surface area contributed by atoms with Crippen molar-refractivity contribution in [1.29, 1.82) is 0 Å². The Morgan fingerprint density at radius 3 is 2.52 bits per heavy atom. The first-order valence-corrected chi connectivity index (χ1v) is 7.39. The van der Waals surface area contributed by atoms with Crippen LogP contribution in [0.25, 0.3) is 0 Å². The van der Waals surface area contributed by atoms with Crippen molar-refractivity contribution in [3.63, 3.8) is 0 Å². The fourth-order valence-electron chi connectivity index (χ4n) is 1.59. The maximum Gasteiger partial charge on any atom is 0.237 e. The summed E-state index contributed by atoms with van der Waals surface area (Å²) in [5.74, 6) is -1.39. The smallest absolute Gasteiger partial charge is 0.237 e. The number of hydrogen-bond acceptors (Lipinski definition) is 2. The molecule has 1 amide bonds. The Morgan fingerprint density at radius 2 is 1.86 bits per heavy atom. The van der Waals surface area contributed by atoms with Gasteiger partial charge in [0.15, 0.2) is 0 Å². The Balaban J connectivity index is 2.02. The van der Waals surface area contributed by atoms with Crippen molar-refractivity contribution in [1.82, 2.24) is 0 Å². The lowest BCUT2D eigenvalue weighted by molar-refractivity contribution is -0.115. The molecule has 0 aromatic heterocycles. The second-order valence-corrected chi connectivity index (χ2v) is 6.15. The molecule has 0 heterocycles. The lowest BCUT2D eigenvalue weighted by Gasteiger charge is -2.12. The van der Waals surface area contributed by atoms with E-state index in [1.165, 1.54) is 0 Å². The summed E-state index contributed by atoms with van der Waals surface area (Å²) in [6, 6.07) is 9.80. The van der Waals surface area contributed by atoms with E-state index < -0.39 is 16.9 Å². The summed E-state index contributed by atoms with van der Waals surface area (Å²) in [6.07, 6.45) is 0. The Morgan fingerprint density at radius 1 is 1.19 bits per heavy atom. The van der Waals surface area contributed by atoms with Gasteiger partial charge < -0.3 is 5.32 Å². The zero-order valence-corrected chi connectivity index (χ0v) is 12.6. The number of carbonyl (C=O) groups is 1. The molecule has 2 nitrogen and oxygen atoms in total. The van der Waals surface area contributed by atoms with Crippen LogP contribution in [0.1, 0.15) is 6.92 Å². The zero-order chi connectivity index (χ0) is 15.4. The summed E-state index contributed by atoms with van der Waals surface area (Å²) in [7, 11) is 0. The first-order chi connectivity index (χ1) is 9.95. The molecule has 21 heavy (non-hydrogen) atoms. The minimum absolute atomic E-state index is 0.105. The third-order valence-electron chi connectivity index (χ3n) is 2.68. The molecule has 1 N–H and O–H groups in total. The van der Waals surface area contributed by atoms with Crippen molar-refractivity contribution < 1.29 is 13.6 Å². The predicted molar refractivity (Wildman–Crippen MR) is 81.8 cm³/mol. The third-order valence-corrected chi connectivity index (χ3v) is 4.06. The minimum atomic E-state index is -0.572. The fourth-order valence-corrected chi connectivity index (χ4v) is 2.62. The minimum Gasteiger partial charge on any atom is -0.325 e. The van der Waals surface area contributed by atoms with Crippen LogP contribution < -0.4 is 5.32 Å². The number of thioether (sulfide) groups is 1. The normalized spacial score (nSPS) is 12.0. The number of hydrogen-bond donors (Lipinski definition) is 1. The summed E-state index contributed by atoms with van der Waals surface area (Å²) < 4.78 is 26.6. The molecule has 0 bridgehead atoms. The molecule has 0 radical (unpaired) electrons. The van der Waals surface area contributed by atoms with Crippen molar-refractivity contribution in [2.45, 2.75) is 17.1 Å². The molecule has 2 rings (SSSR count).